The van der Waals surface area contributed by atoms with Gasteiger partial charge in [0.15, 0.2) is 0 Å². The number of aryl methyl sites for hydroxylation is 2. The monoisotopic (exact) mass is 377 g/mol. The quantitative estimate of drug-likeness (QED) is 0.766. The molecular formula is C17H19N3O3S2. The van der Waals surface area contributed by atoms with Gasteiger partial charge in [-0.3, -0.25) is 4.79 Å². The Bertz CT molecular complexity index is 846. The number of carbonyl (C=O) groups is 2. The van der Waals surface area contributed by atoms with Gasteiger partial charge in [-0.05, 0) is 39.2 Å². The fourth-order valence-corrected chi connectivity index (χ4v) is 4.38. The molecule has 6 nitrogen and oxygen atoms in total. The van der Waals surface area contributed by atoms with E-state index in [2.05, 4.69) is 23.3 Å². The van der Waals surface area contributed by atoms with Crippen LogP contribution >= 0.6 is 22.7 Å². The molecule has 1 N–H and O–H groups in total. The van der Waals surface area contributed by atoms with Gasteiger partial charge in [0.1, 0.15) is 20.8 Å². The van der Waals surface area contributed by atoms with Crippen LogP contribution in [0.1, 0.15) is 61.4 Å². The largest absolute Gasteiger partial charge is 0.462 e. The van der Waals surface area contributed by atoms with Gasteiger partial charge in [-0.2, -0.15) is 5.26 Å². The van der Waals surface area contributed by atoms with Crippen molar-refractivity contribution in [1.82, 2.24) is 4.98 Å². The van der Waals surface area contributed by atoms with Gasteiger partial charge in [-0.1, -0.05) is 6.92 Å². The van der Waals surface area contributed by atoms with Crippen molar-refractivity contribution in [3.63, 3.8) is 0 Å². The average molecular weight is 377 g/mol. The van der Waals surface area contributed by atoms with Crippen LogP contribution in [0.15, 0.2) is 0 Å². The Morgan fingerprint density at radius 3 is 2.56 bits per heavy atom. The van der Waals surface area contributed by atoms with Crippen molar-refractivity contribution in [3.8, 4) is 6.07 Å². The Balaban J connectivity index is 2.31. The number of amides is 1. The summed E-state index contributed by atoms with van der Waals surface area (Å²) < 4.78 is 5.00. The van der Waals surface area contributed by atoms with Crippen LogP contribution in [0.2, 0.25) is 0 Å². The van der Waals surface area contributed by atoms with Crippen molar-refractivity contribution in [3.05, 3.63) is 31.6 Å². The minimum Gasteiger partial charge on any atom is -0.462 e. The van der Waals surface area contributed by atoms with Crippen LogP contribution in [0, 0.1) is 25.2 Å². The summed E-state index contributed by atoms with van der Waals surface area (Å²) in [4.78, 5) is 29.8. The Kier molecular flexibility index (Phi) is 6.28. The first kappa shape index (κ1) is 19.1. The fraction of sp³-hybridized carbons (Fsp3) is 0.412. The lowest BCUT2D eigenvalue weighted by atomic mass is 10.2. The Morgan fingerprint density at radius 1 is 1.24 bits per heavy atom. The van der Waals surface area contributed by atoms with Crippen LogP contribution in [0.4, 0.5) is 5.00 Å². The molecule has 0 bridgehead atoms. The highest BCUT2D eigenvalue weighted by Gasteiger charge is 2.24. The molecule has 25 heavy (non-hydrogen) atoms. The first-order valence-corrected chi connectivity index (χ1v) is 9.54. The number of nitrogens with one attached hydrogen (secondary N) is 1. The summed E-state index contributed by atoms with van der Waals surface area (Å²) >= 11 is 2.42. The second-order valence-electron chi connectivity index (χ2n) is 5.32. The van der Waals surface area contributed by atoms with E-state index in [-0.39, 0.29) is 18.1 Å². The predicted molar refractivity (Wildman–Crippen MR) is 98.5 cm³/mol. The number of anilines is 1. The Labute approximate surface area is 154 Å². The highest BCUT2D eigenvalue weighted by atomic mass is 32.1. The molecule has 0 saturated carbocycles. The van der Waals surface area contributed by atoms with Crippen molar-refractivity contribution in [1.29, 1.82) is 5.26 Å². The number of nitriles is 1. The number of aromatic nitrogens is 1. The molecule has 0 radical (unpaired) electrons. The molecule has 0 spiro atoms. The maximum Gasteiger partial charge on any atom is 0.348 e. The lowest BCUT2D eigenvalue weighted by molar-refractivity contribution is 0.0531. The molecule has 0 aliphatic heterocycles. The second-order valence-corrected chi connectivity index (χ2v) is 7.42. The lowest BCUT2D eigenvalue weighted by Crippen LogP contribution is -2.11. The third-order valence-electron chi connectivity index (χ3n) is 3.46. The topological polar surface area (TPSA) is 92.1 Å². The van der Waals surface area contributed by atoms with Gasteiger partial charge in [0.05, 0.1) is 22.9 Å². The molecular weight excluding hydrogens is 358 g/mol. The summed E-state index contributed by atoms with van der Waals surface area (Å²) in [5, 5.41) is 13.4. The number of hydrogen-bond acceptors (Lipinski definition) is 7. The van der Waals surface area contributed by atoms with Gasteiger partial charge >= 0.3 is 5.97 Å². The van der Waals surface area contributed by atoms with Gasteiger partial charge in [-0.25, -0.2) is 9.78 Å². The van der Waals surface area contributed by atoms with Gasteiger partial charge in [0.2, 0.25) is 0 Å². The molecule has 0 aromatic carbocycles. The summed E-state index contributed by atoms with van der Waals surface area (Å²) in [6.45, 7) is 7.49. The van der Waals surface area contributed by atoms with Gasteiger partial charge < -0.3 is 10.1 Å². The van der Waals surface area contributed by atoms with Crippen LogP contribution in [-0.2, 0) is 11.2 Å². The van der Waals surface area contributed by atoms with E-state index in [9.17, 15) is 14.9 Å². The van der Waals surface area contributed by atoms with Crippen molar-refractivity contribution >= 4 is 39.6 Å². The van der Waals surface area contributed by atoms with Crippen LogP contribution in [0.25, 0.3) is 0 Å². The summed E-state index contributed by atoms with van der Waals surface area (Å²) in [7, 11) is 0. The zero-order chi connectivity index (χ0) is 18.6. The van der Waals surface area contributed by atoms with E-state index >= 15 is 0 Å². The minimum atomic E-state index is -0.485. The van der Waals surface area contributed by atoms with Gasteiger partial charge in [0, 0.05) is 0 Å². The molecule has 132 valence electrons. The molecule has 2 heterocycles. The number of ether oxygens (including phenoxy) is 1. The van der Waals surface area contributed by atoms with Crippen molar-refractivity contribution in [2.45, 2.75) is 40.5 Å². The Morgan fingerprint density at radius 2 is 1.96 bits per heavy atom. The minimum absolute atomic E-state index is 0.250. The number of carbonyl (C=O) groups excluding carboxylic acids is 2. The molecule has 1 amide bonds. The third kappa shape index (κ3) is 4.06. The number of thiophene rings is 1. The zero-order valence-corrected chi connectivity index (χ0v) is 16.2. The van der Waals surface area contributed by atoms with Crippen LogP contribution in [-0.4, -0.2) is 23.5 Å². The Hall–Kier alpha value is -2.24. The summed E-state index contributed by atoms with van der Waals surface area (Å²) in [5.41, 5.74) is 1.48. The lowest BCUT2D eigenvalue weighted by Gasteiger charge is -2.01. The first-order chi connectivity index (χ1) is 11.9. The van der Waals surface area contributed by atoms with Gasteiger partial charge in [-0.15, -0.1) is 22.7 Å². The molecule has 0 unspecified atom stereocenters. The van der Waals surface area contributed by atoms with Crippen LogP contribution < -0.4 is 5.32 Å². The van der Waals surface area contributed by atoms with E-state index < -0.39 is 5.97 Å². The van der Waals surface area contributed by atoms with Crippen molar-refractivity contribution in [2.24, 2.45) is 0 Å². The van der Waals surface area contributed by atoms with Crippen LogP contribution in [0.3, 0.4) is 0 Å². The van der Waals surface area contributed by atoms with E-state index in [1.54, 1.807) is 20.8 Å². The predicted octanol–water partition coefficient (Wildman–Crippen LogP) is 4.07. The zero-order valence-electron chi connectivity index (χ0n) is 14.6. The maximum absolute atomic E-state index is 12.6. The third-order valence-corrected chi connectivity index (χ3v) is 5.86. The number of esters is 1. The molecule has 8 heteroatoms. The first-order valence-electron chi connectivity index (χ1n) is 7.91. The fourth-order valence-electron chi connectivity index (χ4n) is 2.27. The molecule has 2 aromatic heterocycles. The standard InChI is InChI=1S/C17H19N3O3S2/c1-5-7-12-19-10(4)14(24-12)15(21)20-16-11(8-18)9(3)13(25-16)17(22)23-6-2/h5-7H2,1-4H3,(H,20,21). The SMILES string of the molecule is CCCc1nc(C)c(C(=O)Nc2sc(C(=O)OCC)c(C)c2C#N)s1. The van der Waals surface area contributed by atoms with Crippen molar-refractivity contribution in [2.75, 3.05) is 11.9 Å². The summed E-state index contributed by atoms with van der Waals surface area (Å²) in [5.74, 6) is -0.799. The molecule has 0 aliphatic carbocycles. The average Bonchev–Trinajstić information content (AvgIpc) is 3.08. The number of hydrogen-bond donors (Lipinski definition) is 1. The van der Waals surface area contributed by atoms with E-state index in [0.717, 1.165) is 29.2 Å². The van der Waals surface area contributed by atoms with Crippen LogP contribution in [0.5, 0.6) is 0 Å². The number of rotatable bonds is 6. The molecule has 0 atom stereocenters. The van der Waals surface area contributed by atoms with E-state index in [4.69, 9.17) is 4.74 Å². The molecule has 0 aliphatic rings. The van der Waals surface area contributed by atoms with Crippen molar-refractivity contribution < 1.29 is 14.3 Å². The molecule has 0 fully saturated rings. The highest BCUT2D eigenvalue weighted by molar-refractivity contribution is 7.18. The smallest absolute Gasteiger partial charge is 0.348 e. The summed E-state index contributed by atoms with van der Waals surface area (Å²) in [6, 6.07) is 2.05. The molecule has 2 rings (SSSR count). The maximum atomic E-state index is 12.6. The van der Waals surface area contributed by atoms with E-state index in [1.165, 1.54) is 11.3 Å². The second kappa shape index (κ2) is 8.23. The molecule has 0 saturated heterocycles. The highest BCUT2D eigenvalue weighted by Crippen LogP contribution is 2.34. The molecule has 2 aromatic rings. The van der Waals surface area contributed by atoms with Gasteiger partial charge in [0.25, 0.3) is 5.91 Å². The number of nitrogens with zero attached hydrogens (tertiary/aromatic N) is 2. The summed E-state index contributed by atoms with van der Waals surface area (Å²) in [6.07, 6.45) is 1.78. The normalized spacial score (nSPS) is 10.4. The number of thiazole rings is 1. The van der Waals surface area contributed by atoms with E-state index in [0.29, 0.717) is 26.0 Å². The van der Waals surface area contributed by atoms with E-state index in [1.807, 2.05) is 0 Å².